The Hall–Kier alpha value is -3.84. The fourth-order valence-corrected chi connectivity index (χ4v) is 4.09. The molecular formula is C28H31N3O4. The zero-order chi connectivity index (χ0) is 24.5. The largest absolute Gasteiger partial charge is 0.484 e. The van der Waals surface area contributed by atoms with Gasteiger partial charge < -0.3 is 19.7 Å². The molecule has 1 N–H and O–H groups in total. The third-order valence-electron chi connectivity index (χ3n) is 5.86. The molecule has 1 aliphatic heterocycles. The lowest BCUT2D eigenvalue weighted by molar-refractivity contribution is -0.118. The SMILES string of the molecule is CCOC(=O)c1ccc(N2CCN(Cc3ccccc3)CC2)c(NC(=O)COc2ccccc2)c1. The number of benzene rings is 3. The van der Waals surface area contributed by atoms with Crippen LogP contribution in [0.3, 0.4) is 0 Å². The average molecular weight is 474 g/mol. The minimum absolute atomic E-state index is 0.127. The van der Waals surface area contributed by atoms with Crippen molar-refractivity contribution in [3.63, 3.8) is 0 Å². The summed E-state index contributed by atoms with van der Waals surface area (Å²) in [5.74, 6) is -0.0840. The number of anilines is 2. The lowest BCUT2D eigenvalue weighted by atomic mass is 10.1. The van der Waals surface area contributed by atoms with E-state index in [-0.39, 0.29) is 19.1 Å². The maximum atomic E-state index is 12.7. The first-order valence-corrected chi connectivity index (χ1v) is 11.9. The van der Waals surface area contributed by atoms with Crippen LogP contribution < -0.4 is 15.0 Å². The van der Waals surface area contributed by atoms with Gasteiger partial charge in [0, 0.05) is 32.7 Å². The van der Waals surface area contributed by atoms with Gasteiger partial charge in [-0.05, 0) is 42.8 Å². The second-order valence-corrected chi connectivity index (χ2v) is 8.35. The molecule has 1 amide bonds. The minimum Gasteiger partial charge on any atom is -0.484 e. The first-order valence-electron chi connectivity index (χ1n) is 11.9. The summed E-state index contributed by atoms with van der Waals surface area (Å²) < 4.78 is 10.7. The molecule has 7 nitrogen and oxygen atoms in total. The smallest absolute Gasteiger partial charge is 0.338 e. The van der Waals surface area contributed by atoms with Crippen LogP contribution in [0.2, 0.25) is 0 Å². The number of amides is 1. The molecule has 1 fully saturated rings. The summed E-state index contributed by atoms with van der Waals surface area (Å²) in [6.07, 6.45) is 0. The second-order valence-electron chi connectivity index (χ2n) is 8.35. The van der Waals surface area contributed by atoms with Gasteiger partial charge in [0.1, 0.15) is 5.75 Å². The molecule has 0 atom stereocenters. The van der Waals surface area contributed by atoms with Crippen LogP contribution in [0.25, 0.3) is 0 Å². The summed E-state index contributed by atoms with van der Waals surface area (Å²) in [6, 6.07) is 25.0. The van der Waals surface area contributed by atoms with Crippen molar-refractivity contribution in [2.24, 2.45) is 0 Å². The first-order chi connectivity index (χ1) is 17.1. The van der Waals surface area contributed by atoms with Gasteiger partial charge in [-0.25, -0.2) is 4.79 Å². The number of nitrogens with zero attached hydrogens (tertiary/aromatic N) is 2. The van der Waals surface area contributed by atoms with Crippen LogP contribution >= 0.6 is 0 Å². The Labute approximate surface area is 206 Å². The molecule has 1 aliphatic rings. The molecule has 4 rings (SSSR count). The van der Waals surface area contributed by atoms with Gasteiger partial charge in [0.25, 0.3) is 5.91 Å². The molecule has 182 valence electrons. The number of nitrogens with one attached hydrogen (secondary N) is 1. The molecule has 7 heteroatoms. The summed E-state index contributed by atoms with van der Waals surface area (Å²) in [5.41, 5.74) is 3.16. The lowest BCUT2D eigenvalue weighted by Crippen LogP contribution is -2.46. The molecular weight excluding hydrogens is 442 g/mol. The highest BCUT2D eigenvalue weighted by Gasteiger charge is 2.21. The van der Waals surface area contributed by atoms with E-state index >= 15 is 0 Å². The van der Waals surface area contributed by atoms with Crippen LogP contribution in [0, 0.1) is 0 Å². The van der Waals surface area contributed by atoms with Gasteiger partial charge in [-0.15, -0.1) is 0 Å². The minimum atomic E-state index is -0.414. The lowest BCUT2D eigenvalue weighted by Gasteiger charge is -2.37. The Bertz CT molecular complexity index is 1110. The third-order valence-corrected chi connectivity index (χ3v) is 5.86. The molecule has 0 saturated carbocycles. The molecule has 35 heavy (non-hydrogen) atoms. The maximum Gasteiger partial charge on any atom is 0.338 e. The van der Waals surface area contributed by atoms with Crippen LogP contribution in [-0.2, 0) is 16.1 Å². The average Bonchev–Trinajstić information content (AvgIpc) is 2.89. The quantitative estimate of drug-likeness (QED) is 0.470. The van der Waals surface area contributed by atoms with Gasteiger partial charge in [-0.3, -0.25) is 9.69 Å². The number of hydrogen-bond acceptors (Lipinski definition) is 6. The van der Waals surface area contributed by atoms with E-state index in [0.29, 0.717) is 17.0 Å². The zero-order valence-electron chi connectivity index (χ0n) is 20.0. The highest BCUT2D eigenvalue weighted by molar-refractivity contribution is 5.98. The summed E-state index contributed by atoms with van der Waals surface area (Å²) in [6.45, 7) is 6.28. The topological polar surface area (TPSA) is 71.1 Å². The van der Waals surface area contributed by atoms with Crippen LogP contribution in [-0.4, -0.2) is 56.2 Å². The van der Waals surface area contributed by atoms with Crippen molar-refractivity contribution in [2.75, 3.05) is 49.6 Å². The number of carbonyl (C=O) groups is 2. The van der Waals surface area contributed by atoms with Gasteiger partial charge in [0.2, 0.25) is 0 Å². The first kappa shape index (κ1) is 24.3. The fraction of sp³-hybridized carbons (Fsp3) is 0.286. The Morgan fingerprint density at radius 2 is 1.57 bits per heavy atom. The number of ether oxygens (including phenoxy) is 2. The van der Waals surface area contributed by atoms with Gasteiger partial charge in [-0.1, -0.05) is 48.5 Å². The highest BCUT2D eigenvalue weighted by Crippen LogP contribution is 2.29. The molecule has 3 aromatic carbocycles. The fourth-order valence-electron chi connectivity index (χ4n) is 4.09. The van der Waals surface area contributed by atoms with E-state index in [1.165, 1.54) is 5.56 Å². The van der Waals surface area contributed by atoms with Crippen molar-refractivity contribution in [2.45, 2.75) is 13.5 Å². The molecule has 1 heterocycles. The Kier molecular flexibility index (Phi) is 8.35. The second kappa shape index (κ2) is 12.0. The summed E-state index contributed by atoms with van der Waals surface area (Å²) in [7, 11) is 0. The van der Waals surface area contributed by atoms with Crippen molar-refractivity contribution in [1.82, 2.24) is 4.90 Å². The molecule has 0 aliphatic carbocycles. The van der Waals surface area contributed by atoms with Crippen LogP contribution in [0.4, 0.5) is 11.4 Å². The van der Waals surface area contributed by atoms with Gasteiger partial charge in [-0.2, -0.15) is 0 Å². The number of para-hydroxylation sites is 1. The number of esters is 1. The molecule has 3 aromatic rings. The Morgan fingerprint density at radius 1 is 0.886 bits per heavy atom. The Balaban J connectivity index is 1.44. The maximum absolute atomic E-state index is 12.7. The predicted octanol–water partition coefficient (Wildman–Crippen LogP) is 4.20. The van der Waals surface area contributed by atoms with Crippen LogP contribution in [0.1, 0.15) is 22.8 Å². The van der Waals surface area contributed by atoms with Crippen LogP contribution in [0.15, 0.2) is 78.9 Å². The highest BCUT2D eigenvalue weighted by atomic mass is 16.5. The standard InChI is InChI=1S/C28H31N3O4/c1-2-34-28(33)23-13-14-26(25(19-23)29-27(32)21-35-24-11-7-4-8-12-24)31-17-15-30(16-18-31)20-22-9-5-3-6-10-22/h3-14,19H,2,15-18,20-21H2,1H3,(H,29,32). The van der Waals surface area contributed by atoms with Gasteiger partial charge in [0.05, 0.1) is 23.5 Å². The van der Waals surface area contributed by atoms with E-state index in [1.54, 1.807) is 31.2 Å². The van der Waals surface area contributed by atoms with Crippen molar-refractivity contribution in [1.29, 1.82) is 0 Å². The Morgan fingerprint density at radius 3 is 2.26 bits per heavy atom. The molecule has 0 radical (unpaired) electrons. The number of piperazine rings is 1. The summed E-state index contributed by atoms with van der Waals surface area (Å²) in [4.78, 5) is 29.7. The van der Waals surface area contributed by atoms with Gasteiger partial charge in [0.15, 0.2) is 6.61 Å². The van der Waals surface area contributed by atoms with Crippen LogP contribution in [0.5, 0.6) is 5.75 Å². The molecule has 1 saturated heterocycles. The summed E-state index contributed by atoms with van der Waals surface area (Å²) >= 11 is 0. The van der Waals surface area contributed by atoms with E-state index in [2.05, 4.69) is 39.4 Å². The van der Waals surface area contributed by atoms with Crippen molar-refractivity contribution in [3.05, 3.63) is 90.0 Å². The van der Waals surface area contributed by atoms with E-state index in [0.717, 1.165) is 38.4 Å². The van der Waals surface area contributed by atoms with E-state index in [1.807, 2.05) is 30.3 Å². The molecule has 0 unspecified atom stereocenters. The third kappa shape index (κ3) is 6.83. The number of carbonyl (C=O) groups excluding carboxylic acids is 2. The van der Waals surface area contributed by atoms with Crippen molar-refractivity contribution in [3.8, 4) is 5.75 Å². The van der Waals surface area contributed by atoms with Crippen molar-refractivity contribution < 1.29 is 19.1 Å². The number of hydrogen-bond donors (Lipinski definition) is 1. The van der Waals surface area contributed by atoms with Crippen molar-refractivity contribution >= 4 is 23.3 Å². The van der Waals surface area contributed by atoms with E-state index < -0.39 is 5.97 Å². The predicted molar refractivity (Wildman–Crippen MR) is 137 cm³/mol. The monoisotopic (exact) mass is 473 g/mol. The summed E-state index contributed by atoms with van der Waals surface area (Å²) in [5, 5.41) is 2.94. The molecule has 0 bridgehead atoms. The van der Waals surface area contributed by atoms with E-state index in [4.69, 9.17) is 9.47 Å². The number of rotatable bonds is 9. The zero-order valence-corrected chi connectivity index (χ0v) is 20.0. The van der Waals surface area contributed by atoms with Gasteiger partial charge >= 0.3 is 5.97 Å². The van der Waals surface area contributed by atoms with E-state index in [9.17, 15) is 9.59 Å². The molecule has 0 spiro atoms. The molecule has 0 aromatic heterocycles. The normalized spacial score (nSPS) is 13.8.